The molecule has 0 radical (unpaired) electrons. The molecule has 0 saturated heterocycles. The Hall–Kier alpha value is -18.4. The van der Waals surface area contributed by atoms with E-state index in [9.17, 15) is 0 Å². The number of aromatic nitrogens is 14. The second kappa shape index (κ2) is 41.4. The molecule has 0 unspecified atom stereocenters. The molecule has 146 heavy (non-hydrogen) atoms. The summed E-state index contributed by atoms with van der Waals surface area (Å²) >= 11 is 0. The SMILES string of the molecule is c1ccc(-c2nc(-c3ccccc3)nc(-c3ccc(CCCc4ccc(-n5c6ccc(CCCc7ccc(-c8nc(-c9ccccc9)nc(-c9ccccc9)n8)cc7)cc6c6cc(-c7ccc8c(c7)c7cc(CCCc9ccc(-c%10nc(-c%11ccccc%11)nc(-c%11ccccc%11)n%10)cc9)ccc7n8-c7ccc(CCCc8ccc(-c9nc(-c%10ccccc%10)nc(-c%10ccccc%10)n9)cc8)cc7)ccc65)cc4)cc3)n2)cc1. The third-order valence-electron chi connectivity index (χ3n) is 27.8. The fourth-order valence-corrected chi connectivity index (χ4v) is 20.0. The number of hydrogen-bond acceptors (Lipinski definition) is 12. The van der Waals surface area contributed by atoms with Gasteiger partial charge in [-0.25, -0.2) is 59.8 Å². The van der Waals surface area contributed by atoms with Crippen molar-refractivity contribution in [2.24, 2.45) is 0 Å². The summed E-state index contributed by atoms with van der Waals surface area (Å²) in [6.45, 7) is 0. The molecule has 0 bridgehead atoms. The maximum absolute atomic E-state index is 5.04. The first-order chi connectivity index (χ1) is 72.3. The Kier molecular flexibility index (Phi) is 25.6. The van der Waals surface area contributed by atoms with Gasteiger partial charge in [0, 0.05) is 99.7 Å². The van der Waals surface area contributed by atoms with E-state index in [0.717, 1.165) is 177 Å². The third-order valence-corrected chi connectivity index (χ3v) is 27.8. The molecule has 0 saturated carbocycles. The van der Waals surface area contributed by atoms with Crippen LogP contribution >= 0.6 is 0 Å². The summed E-state index contributed by atoms with van der Waals surface area (Å²) in [6, 6.07) is 164. The summed E-state index contributed by atoms with van der Waals surface area (Å²) in [4.78, 5) is 59.9. The molecule has 24 rings (SSSR count). The summed E-state index contributed by atoms with van der Waals surface area (Å²) in [6.07, 6.45) is 11.3. The quantitative estimate of drug-likeness (QED) is 0.0404. The van der Waals surface area contributed by atoms with Gasteiger partial charge in [0.05, 0.1) is 22.1 Å². The van der Waals surface area contributed by atoms with Crippen LogP contribution in [0.1, 0.15) is 70.2 Å². The summed E-state index contributed by atoms with van der Waals surface area (Å²) in [5, 5.41) is 4.88. The van der Waals surface area contributed by atoms with Crippen molar-refractivity contribution in [2.75, 3.05) is 0 Å². The molecule has 0 N–H and O–H groups in total. The molecule has 0 spiro atoms. The Bertz CT molecular complexity index is 8000. The molecular weight excluding hydrogens is 1780 g/mol. The lowest BCUT2D eigenvalue weighted by Gasteiger charge is -2.11. The zero-order chi connectivity index (χ0) is 97.3. The molecule has 0 aliphatic rings. The van der Waals surface area contributed by atoms with Gasteiger partial charge in [0.15, 0.2) is 69.9 Å². The van der Waals surface area contributed by atoms with Gasteiger partial charge in [-0.3, -0.25) is 0 Å². The molecule has 0 aliphatic heterocycles. The standard InChI is InChI=1S/C132H100N14/c1-9-37-97(38-10-1)121-133-122(98-39-11-2-12-40-98)138-129(137-121)105-67-53-89(54-68-105)29-25-31-93-61-77-111(78-62-93)145-117-81-65-95(35-27-33-91-57-71-107(72-58-91)131-141-125(101-45-17-5-18-46-101)135-126(142-131)102-47-19-6-20-48-102)85-113(117)115-87-109(75-83-119(115)145)110-76-84-120-116(88-110)114-86-96(36-28-34-92-59-73-108(74-60-92)132-143-127(103-49-21-7-22-50-103)136-128(144-132)104-51-23-8-24-52-104)66-82-118(114)146(120)112-79-63-94(64-80-112)32-26-30-90-55-69-106(70-56-90)130-139-123(99-41-13-3-14-42-99)134-124(140-130)100-43-15-4-16-44-100/h1-24,37-88H,25-36H2. The highest BCUT2D eigenvalue weighted by molar-refractivity contribution is 6.13. The lowest BCUT2D eigenvalue weighted by Crippen LogP contribution is -2.00. The summed E-state index contributed by atoms with van der Waals surface area (Å²) in [7, 11) is 0. The normalized spacial score (nSPS) is 11.5. The van der Waals surface area contributed by atoms with Gasteiger partial charge < -0.3 is 9.13 Å². The molecule has 6 aromatic heterocycles. The first-order valence-electron chi connectivity index (χ1n) is 50.5. The predicted octanol–water partition coefficient (Wildman–Crippen LogP) is 31.0. The van der Waals surface area contributed by atoms with E-state index in [-0.39, 0.29) is 0 Å². The Balaban J connectivity index is 0.526. The minimum atomic E-state index is 0.649. The first-order valence-corrected chi connectivity index (χ1v) is 50.5. The topological polar surface area (TPSA) is 165 Å². The second-order valence-corrected chi connectivity index (χ2v) is 37.5. The number of nitrogens with zero attached hydrogens (tertiary/aromatic N) is 14. The van der Waals surface area contributed by atoms with Gasteiger partial charge in [0.25, 0.3) is 0 Å². The van der Waals surface area contributed by atoms with Gasteiger partial charge >= 0.3 is 0 Å². The first kappa shape index (κ1) is 90.2. The van der Waals surface area contributed by atoms with Gasteiger partial charge in [-0.15, -0.1) is 0 Å². The van der Waals surface area contributed by atoms with Gasteiger partial charge in [-0.1, -0.05) is 388 Å². The monoisotopic (exact) mass is 1880 g/mol. The lowest BCUT2D eigenvalue weighted by molar-refractivity contribution is 0.820. The Morgan fingerprint density at radius 3 is 0.459 bits per heavy atom. The fourth-order valence-electron chi connectivity index (χ4n) is 20.0. The highest BCUT2D eigenvalue weighted by atomic mass is 15.1. The van der Waals surface area contributed by atoms with Crippen molar-refractivity contribution in [3.63, 3.8) is 0 Å². The molecule has 6 heterocycles. The van der Waals surface area contributed by atoms with Crippen LogP contribution < -0.4 is 0 Å². The number of fused-ring (bicyclic) bond motifs is 6. The van der Waals surface area contributed by atoms with E-state index in [4.69, 9.17) is 59.8 Å². The van der Waals surface area contributed by atoms with Gasteiger partial charge in [-0.05, 0) is 205 Å². The largest absolute Gasteiger partial charge is 0.309 e. The fraction of sp³-hybridized carbons (Fsp3) is 0.0909. The molecular formula is C132H100N14. The van der Waals surface area contributed by atoms with Gasteiger partial charge in [0.1, 0.15) is 0 Å². The molecule has 0 fully saturated rings. The van der Waals surface area contributed by atoms with Crippen molar-refractivity contribution in [1.82, 2.24) is 68.9 Å². The molecule has 14 heteroatoms. The highest BCUT2D eigenvalue weighted by Gasteiger charge is 2.23. The Morgan fingerprint density at radius 1 is 0.123 bits per heavy atom. The van der Waals surface area contributed by atoms with Crippen LogP contribution in [0.15, 0.2) is 461 Å². The Morgan fingerprint density at radius 2 is 0.267 bits per heavy atom. The summed E-state index contributed by atoms with van der Waals surface area (Å²) in [5.74, 6) is 7.81. The number of benzene rings is 18. The van der Waals surface area contributed by atoms with Crippen LogP contribution in [0.2, 0.25) is 0 Å². The molecule has 0 amide bonds. The van der Waals surface area contributed by atoms with E-state index >= 15 is 0 Å². The average Bonchev–Trinajstić information content (AvgIpc) is 1.58. The van der Waals surface area contributed by atoms with Crippen molar-refractivity contribution >= 4 is 43.6 Å². The van der Waals surface area contributed by atoms with E-state index in [1.807, 2.05) is 194 Å². The van der Waals surface area contributed by atoms with E-state index in [0.29, 0.717) is 69.9 Å². The van der Waals surface area contributed by atoms with E-state index in [2.05, 4.69) is 276 Å². The van der Waals surface area contributed by atoms with E-state index in [1.165, 1.54) is 77.1 Å². The average molecular weight is 1880 g/mol. The van der Waals surface area contributed by atoms with Crippen molar-refractivity contribution in [1.29, 1.82) is 0 Å². The van der Waals surface area contributed by atoms with Crippen LogP contribution in [0.3, 0.4) is 0 Å². The number of aryl methyl sites for hydroxylation is 8. The van der Waals surface area contributed by atoms with Crippen LogP contribution in [0, 0.1) is 0 Å². The van der Waals surface area contributed by atoms with Crippen LogP contribution in [-0.4, -0.2) is 68.9 Å². The second-order valence-electron chi connectivity index (χ2n) is 37.5. The molecule has 698 valence electrons. The van der Waals surface area contributed by atoms with Crippen molar-refractivity contribution in [3.05, 3.63) is 506 Å². The van der Waals surface area contributed by atoms with Crippen LogP contribution in [0.4, 0.5) is 0 Å². The maximum Gasteiger partial charge on any atom is 0.164 e. The van der Waals surface area contributed by atoms with Gasteiger partial charge in [-0.2, -0.15) is 0 Å². The maximum atomic E-state index is 5.04. The zero-order valence-corrected chi connectivity index (χ0v) is 80.6. The highest BCUT2D eigenvalue weighted by Crippen LogP contribution is 2.42. The molecule has 24 aromatic rings. The summed E-state index contributed by atoms with van der Waals surface area (Å²) in [5.41, 5.74) is 30.9. The van der Waals surface area contributed by atoms with Crippen molar-refractivity contribution < 1.29 is 0 Å². The number of rotatable bonds is 31. The zero-order valence-electron chi connectivity index (χ0n) is 80.6. The van der Waals surface area contributed by atoms with Crippen LogP contribution in [0.5, 0.6) is 0 Å². The molecule has 14 nitrogen and oxygen atoms in total. The molecule has 0 aliphatic carbocycles. The molecule has 18 aromatic carbocycles. The summed E-state index contributed by atoms with van der Waals surface area (Å²) < 4.78 is 4.95. The minimum Gasteiger partial charge on any atom is -0.309 e. The van der Waals surface area contributed by atoms with Crippen molar-refractivity contribution in [2.45, 2.75) is 77.0 Å². The Labute approximate surface area is 848 Å². The smallest absolute Gasteiger partial charge is 0.164 e. The third kappa shape index (κ3) is 19.8. The van der Waals surface area contributed by atoms with E-state index < -0.39 is 0 Å². The lowest BCUT2D eigenvalue weighted by atomic mass is 9.98. The number of hydrogen-bond donors (Lipinski definition) is 0. The van der Waals surface area contributed by atoms with Crippen molar-refractivity contribution in [3.8, 4) is 159 Å². The predicted molar refractivity (Wildman–Crippen MR) is 593 cm³/mol. The van der Waals surface area contributed by atoms with Crippen LogP contribution in [-0.2, 0) is 51.4 Å². The molecule has 0 atom stereocenters. The minimum absolute atomic E-state index is 0.649. The van der Waals surface area contributed by atoms with E-state index in [1.54, 1.807) is 0 Å². The van der Waals surface area contributed by atoms with Gasteiger partial charge in [0.2, 0.25) is 0 Å². The van der Waals surface area contributed by atoms with Crippen LogP contribution in [0.25, 0.3) is 203 Å².